The summed E-state index contributed by atoms with van der Waals surface area (Å²) in [5, 5.41) is 35.9. The van der Waals surface area contributed by atoms with E-state index >= 15 is 0 Å². The lowest BCUT2D eigenvalue weighted by atomic mass is 9.93. The number of carboxylic acid groups (broad SMARTS) is 2. The molecule has 0 aliphatic rings. The molecule has 4 N–H and O–H groups in total. The van der Waals surface area contributed by atoms with E-state index in [1.165, 1.54) is 62.5 Å². The van der Waals surface area contributed by atoms with Crippen LogP contribution in [0.5, 0.6) is 0 Å². The number of aliphatic hydroxyl groups excluding tert-OH is 2. The highest BCUT2D eigenvalue weighted by atomic mass is 16.4. The molecule has 0 spiro atoms. The molecule has 0 aromatic heterocycles. The minimum absolute atomic E-state index is 0.0463. The Bertz CT molecular complexity index is 840. The predicted octanol–water partition coefficient (Wildman–Crippen LogP) is 8.18. The number of hydrogen-bond acceptors (Lipinski definition) is 4. The second-order valence-corrected chi connectivity index (χ2v) is 10.4. The van der Waals surface area contributed by atoms with Gasteiger partial charge in [-0.15, -0.1) is 0 Å². The van der Waals surface area contributed by atoms with E-state index in [2.05, 4.69) is 13.8 Å². The highest BCUT2D eigenvalue weighted by Crippen LogP contribution is 2.15. The van der Waals surface area contributed by atoms with Crippen molar-refractivity contribution < 1.29 is 30.0 Å². The molecule has 0 aliphatic carbocycles. The van der Waals surface area contributed by atoms with Crippen molar-refractivity contribution in [1.29, 1.82) is 0 Å². The van der Waals surface area contributed by atoms with Crippen LogP contribution >= 0.6 is 0 Å². The Labute approximate surface area is 242 Å². The maximum Gasteiger partial charge on any atom is 0.335 e. The number of aliphatic hydroxyl groups is 2. The van der Waals surface area contributed by atoms with Gasteiger partial charge in [0.2, 0.25) is 0 Å². The number of aromatic carboxylic acids is 2. The van der Waals surface area contributed by atoms with Crippen molar-refractivity contribution in [3.05, 3.63) is 70.8 Å². The molecule has 3 unspecified atom stereocenters. The zero-order chi connectivity index (χ0) is 30.3. The maximum atomic E-state index is 10.6. The quantitative estimate of drug-likeness (QED) is 0.154. The van der Waals surface area contributed by atoms with Crippen LogP contribution in [0.15, 0.2) is 48.5 Å². The predicted molar refractivity (Wildman–Crippen MR) is 164 cm³/mol. The first-order valence-corrected chi connectivity index (χ1v) is 15.1. The molecule has 3 atom stereocenters. The summed E-state index contributed by atoms with van der Waals surface area (Å²) in [6.45, 7) is 10.0. The molecule has 0 fully saturated rings. The number of carboxylic acids is 2. The number of carbonyl (C=O) groups is 2. The fraction of sp³-hybridized carbons (Fsp3) is 0.588. The van der Waals surface area contributed by atoms with Gasteiger partial charge >= 0.3 is 11.9 Å². The van der Waals surface area contributed by atoms with Crippen LogP contribution in [-0.4, -0.2) is 44.6 Å². The van der Waals surface area contributed by atoms with Crippen LogP contribution in [0.1, 0.15) is 131 Å². The van der Waals surface area contributed by atoms with Gasteiger partial charge < -0.3 is 20.4 Å². The summed E-state index contributed by atoms with van der Waals surface area (Å²) in [7, 11) is 0. The van der Waals surface area contributed by atoms with Crippen LogP contribution in [-0.2, 0) is 12.8 Å². The number of hydrogen-bond donors (Lipinski definition) is 4. The monoisotopic (exact) mass is 558 g/mol. The van der Waals surface area contributed by atoms with Gasteiger partial charge in [0.15, 0.2) is 0 Å². The molecule has 0 amide bonds. The molecule has 40 heavy (non-hydrogen) atoms. The van der Waals surface area contributed by atoms with Gasteiger partial charge in [0.05, 0.1) is 23.3 Å². The topological polar surface area (TPSA) is 115 Å². The highest BCUT2D eigenvalue weighted by Gasteiger charge is 2.19. The number of rotatable bonds is 16. The van der Waals surface area contributed by atoms with Gasteiger partial charge in [-0.2, -0.15) is 0 Å². The summed E-state index contributed by atoms with van der Waals surface area (Å²) in [6, 6.07) is 14.4. The average Bonchev–Trinajstić information content (AvgIpc) is 2.94. The number of unbranched alkanes of at least 4 members (excludes halogenated alkanes) is 6. The van der Waals surface area contributed by atoms with Crippen molar-refractivity contribution in [1.82, 2.24) is 0 Å². The van der Waals surface area contributed by atoms with Crippen molar-refractivity contribution in [2.45, 2.75) is 124 Å². The molecule has 2 aromatic rings. The fourth-order valence-electron chi connectivity index (χ4n) is 4.38. The molecule has 6 nitrogen and oxygen atoms in total. The van der Waals surface area contributed by atoms with Crippen LogP contribution < -0.4 is 0 Å². The molecule has 6 heteroatoms. The van der Waals surface area contributed by atoms with E-state index in [0.717, 1.165) is 25.7 Å². The molecule has 0 saturated heterocycles. The lowest BCUT2D eigenvalue weighted by Crippen LogP contribution is -2.28. The first-order chi connectivity index (χ1) is 19.1. The maximum absolute atomic E-state index is 10.6. The number of benzene rings is 2. The molecule has 0 bridgehead atoms. The molecular formula is C34H54O6. The molecule has 0 heterocycles. The normalized spacial score (nSPS) is 12.7. The van der Waals surface area contributed by atoms with Crippen LogP contribution in [0.4, 0.5) is 0 Å². The molecule has 2 rings (SSSR count). The second-order valence-electron chi connectivity index (χ2n) is 10.4. The Hall–Kier alpha value is -2.70. The zero-order valence-corrected chi connectivity index (χ0v) is 25.4. The highest BCUT2D eigenvalue weighted by molar-refractivity contribution is 5.87. The second kappa shape index (κ2) is 23.0. The lowest BCUT2D eigenvalue weighted by Gasteiger charge is -2.22. The average molecular weight is 559 g/mol. The summed E-state index contributed by atoms with van der Waals surface area (Å²) in [5.41, 5.74) is 3.20. The van der Waals surface area contributed by atoms with Gasteiger partial charge in [-0.05, 0) is 80.8 Å². The third-order valence-electron chi connectivity index (χ3n) is 7.04. The minimum Gasteiger partial charge on any atom is -0.478 e. The Balaban J connectivity index is 0.000000585. The smallest absolute Gasteiger partial charge is 0.335 e. The van der Waals surface area contributed by atoms with E-state index in [4.69, 9.17) is 15.3 Å². The zero-order valence-electron chi connectivity index (χ0n) is 25.4. The Kier molecular flexibility index (Phi) is 21.5. The van der Waals surface area contributed by atoms with Crippen molar-refractivity contribution in [2.24, 2.45) is 5.92 Å². The first kappa shape index (κ1) is 37.3. The standard InChI is InChI=1S/2C13H18O2.C8H18O2/c2*1-2-3-4-5-6-11-7-9-12(10-8-11)13(14)15;1-4-7(6(3)9)8(10)5-2/h2*7-10H,2-6H2,1H3,(H,14,15);6-10H,4-5H2,1-3H3. The number of aryl methyl sites for hydroxylation is 2. The Morgan fingerprint density at radius 1 is 0.600 bits per heavy atom. The molecule has 0 aliphatic heterocycles. The van der Waals surface area contributed by atoms with E-state index in [-0.39, 0.29) is 18.1 Å². The van der Waals surface area contributed by atoms with Crippen LogP contribution in [0, 0.1) is 5.92 Å². The molecule has 2 aromatic carbocycles. The Morgan fingerprint density at radius 2 is 0.975 bits per heavy atom. The van der Waals surface area contributed by atoms with Gasteiger partial charge in [-0.1, -0.05) is 90.5 Å². The van der Waals surface area contributed by atoms with Crippen molar-refractivity contribution in [2.75, 3.05) is 0 Å². The molecule has 0 saturated carbocycles. The van der Waals surface area contributed by atoms with Gasteiger partial charge in [0, 0.05) is 5.92 Å². The van der Waals surface area contributed by atoms with E-state index < -0.39 is 11.9 Å². The molecule has 0 radical (unpaired) electrons. The van der Waals surface area contributed by atoms with Crippen LogP contribution in [0.3, 0.4) is 0 Å². The first-order valence-electron chi connectivity index (χ1n) is 15.1. The van der Waals surface area contributed by atoms with Crippen LogP contribution in [0.25, 0.3) is 0 Å². The van der Waals surface area contributed by atoms with Gasteiger partial charge in [-0.3, -0.25) is 0 Å². The van der Waals surface area contributed by atoms with Gasteiger partial charge in [0.25, 0.3) is 0 Å². The summed E-state index contributed by atoms with van der Waals surface area (Å²) in [6.07, 6.45) is 12.9. The van der Waals surface area contributed by atoms with Gasteiger partial charge in [-0.25, -0.2) is 9.59 Å². The summed E-state index contributed by atoms with van der Waals surface area (Å²) in [5.74, 6) is -1.66. The Morgan fingerprint density at radius 3 is 1.20 bits per heavy atom. The van der Waals surface area contributed by atoms with Crippen molar-refractivity contribution in [3.63, 3.8) is 0 Å². The van der Waals surface area contributed by atoms with Crippen molar-refractivity contribution >= 4 is 11.9 Å². The third kappa shape index (κ3) is 17.1. The summed E-state index contributed by atoms with van der Waals surface area (Å²) >= 11 is 0. The van der Waals surface area contributed by atoms with Gasteiger partial charge in [0.1, 0.15) is 0 Å². The van der Waals surface area contributed by atoms with E-state index in [0.29, 0.717) is 11.1 Å². The van der Waals surface area contributed by atoms with Crippen LogP contribution in [0.2, 0.25) is 0 Å². The molecular weight excluding hydrogens is 504 g/mol. The summed E-state index contributed by atoms with van der Waals surface area (Å²) in [4.78, 5) is 21.2. The third-order valence-corrected chi connectivity index (χ3v) is 7.04. The fourth-order valence-corrected chi connectivity index (χ4v) is 4.38. The van der Waals surface area contributed by atoms with E-state index in [1.807, 2.05) is 38.1 Å². The minimum atomic E-state index is -0.854. The van der Waals surface area contributed by atoms with E-state index in [1.54, 1.807) is 31.2 Å². The van der Waals surface area contributed by atoms with Crippen molar-refractivity contribution in [3.8, 4) is 0 Å². The summed E-state index contributed by atoms with van der Waals surface area (Å²) < 4.78 is 0. The lowest BCUT2D eigenvalue weighted by molar-refractivity contribution is 0.0180. The molecule has 226 valence electrons. The SMILES string of the molecule is CCC(O)C(CC)C(C)O.CCCCCCc1ccc(C(=O)O)cc1.CCCCCCc1ccc(C(=O)O)cc1. The largest absolute Gasteiger partial charge is 0.478 e. The van der Waals surface area contributed by atoms with E-state index in [9.17, 15) is 14.7 Å².